The van der Waals surface area contributed by atoms with Gasteiger partial charge in [0.15, 0.2) is 0 Å². The molecular weight excluding hydrogens is 363 g/mol. The fourth-order valence-electron chi connectivity index (χ4n) is 2.43. The van der Waals surface area contributed by atoms with Crippen molar-refractivity contribution in [3.05, 3.63) is 90.2 Å². The van der Waals surface area contributed by atoms with Crippen molar-refractivity contribution >= 4 is 5.97 Å². The Bertz CT molecular complexity index is 1090. The van der Waals surface area contributed by atoms with E-state index < -0.39 is 11.8 Å². The standard InChI is InChI=1S/C21H13FN2O4/c22-15-12-10-14(11-13-15)20(25)28-21-24-23-19(27-21)17-8-4-5-9-18(17)26-16-6-2-1-3-7-16/h1-13H. The van der Waals surface area contributed by atoms with Gasteiger partial charge in [-0.2, -0.15) is 0 Å². The van der Waals surface area contributed by atoms with E-state index in [4.69, 9.17) is 13.9 Å². The van der Waals surface area contributed by atoms with E-state index in [1.807, 2.05) is 36.4 Å². The van der Waals surface area contributed by atoms with Crippen LogP contribution in [0.1, 0.15) is 10.4 Å². The van der Waals surface area contributed by atoms with Crippen LogP contribution in [-0.2, 0) is 0 Å². The molecule has 1 aromatic heterocycles. The lowest BCUT2D eigenvalue weighted by Crippen LogP contribution is -2.08. The fraction of sp³-hybridized carbons (Fsp3) is 0. The zero-order chi connectivity index (χ0) is 19.3. The largest absolute Gasteiger partial charge is 0.457 e. The first-order valence-corrected chi connectivity index (χ1v) is 8.32. The Morgan fingerprint density at radius 2 is 1.57 bits per heavy atom. The lowest BCUT2D eigenvalue weighted by atomic mass is 10.2. The summed E-state index contributed by atoms with van der Waals surface area (Å²) in [7, 11) is 0. The smallest absolute Gasteiger partial charge is 0.423 e. The van der Waals surface area contributed by atoms with E-state index in [1.165, 1.54) is 12.1 Å². The lowest BCUT2D eigenvalue weighted by molar-refractivity contribution is 0.0684. The SMILES string of the molecule is O=C(Oc1nnc(-c2ccccc2Oc2ccccc2)o1)c1ccc(F)cc1. The van der Waals surface area contributed by atoms with Gasteiger partial charge in [-0.15, -0.1) is 5.10 Å². The molecule has 6 nitrogen and oxygen atoms in total. The molecule has 0 N–H and O–H groups in total. The number of hydrogen-bond donors (Lipinski definition) is 0. The third kappa shape index (κ3) is 3.88. The molecule has 4 rings (SSSR count). The third-order valence-electron chi connectivity index (χ3n) is 3.75. The Kier molecular flexibility index (Phi) is 4.79. The van der Waals surface area contributed by atoms with Gasteiger partial charge in [-0.3, -0.25) is 0 Å². The Morgan fingerprint density at radius 1 is 0.857 bits per heavy atom. The molecule has 0 bridgehead atoms. The van der Waals surface area contributed by atoms with Crippen molar-refractivity contribution in [3.8, 4) is 29.0 Å². The molecule has 0 radical (unpaired) electrons. The van der Waals surface area contributed by atoms with Crippen molar-refractivity contribution in [1.29, 1.82) is 0 Å². The first kappa shape index (κ1) is 17.4. The van der Waals surface area contributed by atoms with Crippen LogP contribution >= 0.6 is 0 Å². The van der Waals surface area contributed by atoms with Gasteiger partial charge in [0.1, 0.15) is 17.3 Å². The molecule has 3 aromatic carbocycles. The summed E-state index contributed by atoms with van der Waals surface area (Å²) in [6.07, 6.45) is -0.321. The molecule has 0 spiro atoms. The Hall–Kier alpha value is -4.00. The summed E-state index contributed by atoms with van der Waals surface area (Å²) in [5.41, 5.74) is 0.705. The van der Waals surface area contributed by atoms with Gasteiger partial charge >= 0.3 is 12.0 Å². The van der Waals surface area contributed by atoms with E-state index in [1.54, 1.807) is 18.2 Å². The highest BCUT2D eigenvalue weighted by Gasteiger charge is 2.18. The van der Waals surface area contributed by atoms with Gasteiger partial charge in [0.2, 0.25) is 0 Å². The highest BCUT2D eigenvalue weighted by atomic mass is 19.1. The van der Waals surface area contributed by atoms with Gasteiger partial charge in [0, 0.05) is 0 Å². The molecule has 0 aliphatic rings. The molecule has 0 aliphatic carbocycles. The van der Waals surface area contributed by atoms with Gasteiger partial charge < -0.3 is 13.9 Å². The molecule has 0 atom stereocenters. The van der Waals surface area contributed by atoms with E-state index in [2.05, 4.69) is 10.2 Å². The quantitative estimate of drug-likeness (QED) is 0.462. The number of rotatable bonds is 5. The first-order valence-electron chi connectivity index (χ1n) is 8.32. The normalized spacial score (nSPS) is 10.5. The second-order valence-corrected chi connectivity index (χ2v) is 5.68. The molecule has 138 valence electrons. The minimum atomic E-state index is -0.732. The molecule has 0 saturated carbocycles. The minimum Gasteiger partial charge on any atom is -0.457 e. The number of halogens is 1. The van der Waals surface area contributed by atoms with Crippen LogP contribution in [0.2, 0.25) is 0 Å². The van der Waals surface area contributed by atoms with Crippen LogP contribution in [-0.4, -0.2) is 16.2 Å². The maximum Gasteiger partial charge on any atom is 0.423 e. The number of benzene rings is 3. The predicted molar refractivity (Wildman–Crippen MR) is 97.6 cm³/mol. The lowest BCUT2D eigenvalue weighted by Gasteiger charge is -2.08. The number of nitrogens with zero attached hydrogens (tertiary/aromatic N) is 2. The number of esters is 1. The van der Waals surface area contributed by atoms with Gasteiger partial charge in [-0.25, -0.2) is 9.18 Å². The number of aromatic nitrogens is 2. The molecule has 4 aromatic rings. The van der Waals surface area contributed by atoms with Crippen LogP contribution in [0.15, 0.2) is 83.3 Å². The van der Waals surface area contributed by atoms with Crippen LogP contribution in [0.25, 0.3) is 11.5 Å². The molecular formula is C21H13FN2O4. The average molecular weight is 376 g/mol. The summed E-state index contributed by atoms with van der Waals surface area (Å²) in [6.45, 7) is 0. The van der Waals surface area contributed by atoms with Crippen LogP contribution < -0.4 is 9.47 Å². The Balaban J connectivity index is 1.54. The summed E-state index contributed by atoms with van der Waals surface area (Å²) < 4.78 is 29.3. The summed E-state index contributed by atoms with van der Waals surface area (Å²) in [4.78, 5) is 12.1. The van der Waals surface area contributed by atoms with Crippen molar-refractivity contribution < 1.29 is 23.1 Å². The van der Waals surface area contributed by atoms with Crippen molar-refractivity contribution in [2.45, 2.75) is 0 Å². The molecule has 0 amide bonds. The van der Waals surface area contributed by atoms with Gasteiger partial charge in [-0.05, 0) is 48.5 Å². The van der Waals surface area contributed by atoms with Crippen molar-refractivity contribution in [3.63, 3.8) is 0 Å². The number of hydrogen-bond acceptors (Lipinski definition) is 6. The molecule has 28 heavy (non-hydrogen) atoms. The Morgan fingerprint density at radius 3 is 2.36 bits per heavy atom. The maximum atomic E-state index is 13.0. The molecule has 0 aliphatic heterocycles. The van der Waals surface area contributed by atoms with Crippen molar-refractivity contribution in [2.75, 3.05) is 0 Å². The van der Waals surface area contributed by atoms with E-state index in [-0.39, 0.29) is 17.5 Å². The van der Waals surface area contributed by atoms with Crippen molar-refractivity contribution in [2.24, 2.45) is 0 Å². The van der Waals surface area contributed by atoms with E-state index in [9.17, 15) is 9.18 Å². The molecule has 0 unspecified atom stereocenters. The first-order chi connectivity index (χ1) is 13.7. The Labute approximate surface area is 159 Å². The zero-order valence-corrected chi connectivity index (χ0v) is 14.4. The topological polar surface area (TPSA) is 74.5 Å². The van der Waals surface area contributed by atoms with Crippen LogP contribution in [0.5, 0.6) is 17.6 Å². The maximum absolute atomic E-state index is 13.0. The molecule has 0 saturated heterocycles. The van der Waals surface area contributed by atoms with Crippen LogP contribution in [0.3, 0.4) is 0 Å². The van der Waals surface area contributed by atoms with Crippen LogP contribution in [0.4, 0.5) is 4.39 Å². The van der Waals surface area contributed by atoms with Gasteiger partial charge in [0.05, 0.1) is 11.1 Å². The van der Waals surface area contributed by atoms with Crippen molar-refractivity contribution in [1.82, 2.24) is 10.2 Å². The van der Waals surface area contributed by atoms with E-state index in [0.29, 0.717) is 17.1 Å². The third-order valence-corrected chi connectivity index (χ3v) is 3.75. The molecule has 7 heteroatoms. The number of para-hydroxylation sites is 2. The molecule has 1 heterocycles. The van der Waals surface area contributed by atoms with E-state index in [0.717, 1.165) is 12.1 Å². The highest BCUT2D eigenvalue weighted by Crippen LogP contribution is 2.33. The number of ether oxygens (including phenoxy) is 2. The summed E-state index contributed by atoms with van der Waals surface area (Å²) >= 11 is 0. The van der Waals surface area contributed by atoms with Crippen LogP contribution in [0, 0.1) is 5.82 Å². The summed E-state index contributed by atoms with van der Waals surface area (Å²) in [5, 5.41) is 7.65. The zero-order valence-electron chi connectivity index (χ0n) is 14.4. The monoisotopic (exact) mass is 376 g/mol. The second-order valence-electron chi connectivity index (χ2n) is 5.68. The highest BCUT2D eigenvalue weighted by molar-refractivity contribution is 5.90. The number of carbonyl (C=O) groups excluding carboxylic acids is 1. The minimum absolute atomic E-state index is 0.133. The van der Waals surface area contributed by atoms with Gasteiger partial charge in [-0.1, -0.05) is 35.4 Å². The number of carbonyl (C=O) groups is 1. The summed E-state index contributed by atoms with van der Waals surface area (Å²) in [6, 6.07) is 21.3. The molecule has 0 fully saturated rings. The van der Waals surface area contributed by atoms with Gasteiger partial charge in [0.25, 0.3) is 5.89 Å². The second kappa shape index (κ2) is 7.71. The predicted octanol–water partition coefficient (Wildman–Crippen LogP) is 4.89. The average Bonchev–Trinajstić information content (AvgIpc) is 3.18. The fourth-order valence-corrected chi connectivity index (χ4v) is 2.43. The van der Waals surface area contributed by atoms with E-state index >= 15 is 0 Å². The summed E-state index contributed by atoms with van der Waals surface area (Å²) in [5.74, 6) is 0.107.